The number of hydrogen-bond donors (Lipinski definition) is 1. The van der Waals surface area contributed by atoms with Gasteiger partial charge in [0.25, 0.3) is 5.91 Å². The Kier molecular flexibility index (Phi) is 9.53. The predicted octanol–water partition coefficient (Wildman–Crippen LogP) is 2.86. The van der Waals surface area contributed by atoms with Crippen molar-refractivity contribution in [1.82, 2.24) is 10.2 Å². The fourth-order valence-electron chi connectivity index (χ4n) is 3.39. The fraction of sp³-hybridized carbons (Fsp3) is 0.545. The standard InChI is InChI=1S/C22H31N3O3/c1-3-27-21(28-4-2)17-24-16-20(15-23)22(26)25-12-10-19(11-13-25)14-18-8-6-5-7-9-18/h5-9,16,19,21,24H,3-4,10-14,17H2,1-2H3/b20-16-. The Hall–Kier alpha value is -2.36. The lowest BCUT2D eigenvalue weighted by Gasteiger charge is -2.32. The van der Waals surface area contributed by atoms with Gasteiger partial charge in [0.05, 0.1) is 6.54 Å². The average molecular weight is 386 g/mol. The first-order chi connectivity index (χ1) is 13.7. The Morgan fingerprint density at radius 1 is 1.25 bits per heavy atom. The summed E-state index contributed by atoms with van der Waals surface area (Å²) in [6, 6.07) is 12.5. The first-order valence-electron chi connectivity index (χ1n) is 10.1. The molecule has 1 N–H and O–H groups in total. The summed E-state index contributed by atoms with van der Waals surface area (Å²) in [5, 5.41) is 12.4. The normalized spacial score (nSPS) is 15.5. The lowest BCUT2D eigenvalue weighted by atomic mass is 9.90. The second kappa shape index (κ2) is 12.2. The molecule has 1 fully saturated rings. The summed E-state index contributed by atoms with van der Waals surface area (Å²) in [6.45, 7) is 6.64. The van der Waals surface area contributed by atoms with Gasteiger partial charge in [-0.25, -0.2) is 0 Å². The minimum absolute atomic E-state index is 0.119. The van der Waals surface area contributed by atoms with Gasteiger partial charge in [-0.05, 0) is 44.6 Å². The molecular formula is C22H31N3O3. The Labute approximate surface area is 168 Å². The average Bonchev–Trinajstić information content (AvgIpc) is 2.72. The zero-order valence-corrected chi connectivity index (χ0v) is 16.9. The van der Waals surface area contributed by atoms with E-state index in [0.717, 1.165) is 19.3 Å². The van der Waals surface area contributed by atoms with E-state index in [4.69, 9.17) is 9.47 Å². The molecule has 1 saturated heterocycles. The second-order valence-electron chi connectivity index (χ2n) is 6.84. The van der Waals surface area contributed by atoms with Gasteiger partial charge in [0, 0.05) is 32.5 Å². The Balaban J connectivity index is 1.82. The third kappa shape index (κ3) is 6.99. The van der Waals surface area contributed by atoms with Crippen molar-refractivity contribution in [3.8, 4) is 6.07 Å². The quantitative estimate of drug-likeness (QED) is 0.381. The van der Waals surface area contributed by atoms with Gasteiger partial charge in [0.2, 0.25) is 0 Å². The number of carbonyl (C=O) groups is 1. The molecule has 1 heterocycles. The molecule has 6 nitrogen and oxygen atoms in total. The number of rotatable bonds is 10. The number of benzene rings is 1. The monoisotopic (exact) mass is 385 g/mol. The number of nitriles is 1. The number of likely N-dealkylation sites (tertiary alicyclic amines) is 1. The van der Waals surface area contributed by atoms with Crippen LogP contribution in [0.2, 0.25) is 0 Å². The van der Waals surface area contributed by atoms with Crippen LogP contribution in [0.4, 0.5) is 0 Å². The number of nitrogens with zero attached hydrogens (tertiary/aromatic N) is 2. The molecular weight excluding hydrogens is 354 g/mol. The minimum atomic E-state index is -0.393. The zero-order valence-electron chi connectivity index (χ0n) is 16.9. The summed E-state index contributed by atoms with van der Waals surface area (Å²) in [6.07, 6.45) is 4.05. The van der Waals surface area contributed by atoms with Crippen molar-refractivity contribution in [2.75, 3.05) is 32.8 Å². The fourth-order valence-corrected chi connectivity index (χ4v) is 3.39. The maximum absolute atomic E-state index is 12.7. The maximum Gasteiger partial charge on any atom is 0.265 e. The molecule has 0 radical (unpaired) electrons. The number of hydrogen-bond acceptors (Lipinski definition) is 5. The molecule has 0 aliphatic carbocycles. The predicted molar refractivity (Wildman–Crippen MR) is 108 cm³/mol. The molecule has 2 rings (SSSR count). The molecule has 1 aliphatic rings. The van der Waals surface area contributed by atoms with E-state index in [1.165, 1.54) is 11.8 Å². The highest BCUT2D eigenvalue weighted by atomic mass is 16.7. The molecule has 0 saturated carbocycles. The highest BCUT2D eigenvalue weighted by molar-refractivity contribution is 5.97. The van der Waals surface area contributed by atoms with Crippen molar-refractivity contribution in [2.24, 2.45) is 5.92 Å². The Morgan fingerprint density at radius 3 is 2.46 bits per heavy atom. The highest BCUT2D eigenvalue weighted by Gasteiger charge is 2.25. The van der Waals surface area contributed by atoms with Gasteiger partial charge < -0.3 is 19.7 Å². The van der Waals surface area contributed by atoms with E-state index in [9.17, 15) is 10.1 Å². The van der Waals surface area contributed by atoms with Gasteiger partial charge >= 0.3 is 0 Å². The first kappa shape index (κ1) is 21.9. The number of ether oxygens (including phenoxy) is 2. The third-order valence-electron chi connectivity index (χ3n) is 4.86. The van der Waals surface area contributed by atoms with Crippen molar-refractivity contribution >= 4 is 5.91 Å². The van der Waals surface area contributed by atoms with E-state index >= 15 is 0 Å². The second-order valence-corrected chi connectivity index (χ2v) is 6.84. The Morgan fingerprint density at radius 2 is 1.89 bits per heavy atom. The van der Waals surface area contributed by atoms with E-state index in [2.05, 4.69) is 29.6 Å². The molecule has 152 valence electrons. The van der Waals surface area contributed by atoms with Crippen LogP contribution in [-0.4, -0.2) is 49.9 Å². The summed E-state index contributed by atoms with van der Waals surface area (Å²) in [5.41, 5.74) is 1.46. The van der Waals surface area contributed by atoms with Gasteiger partial charge in [-0.2, -0.15) is 5.26 Å². The summed E-state index contributed by atoms with van der Waals surface area (Å²) < 4.78 is 10.9. The van der Waals surface area contributed by atoms with Gasteiger partial charge in [-0.15, -0.1) is 0 Å². The maximum atomic E-state index is 12.7. The van der Waals surface area contributed by atoms with Crippen molar-refractivity contribution < 1.29 is 14.3 Å². The van der Waals surface area contributed by atoms with Crippen LogP contribution in [-0.2, 0) is 20.7 Å². The molecule has 0 aromatic heterocycles. The van der Waals surface area contributed by atoms with Gasteiger partial charge in [-0.1, -0.05) is 30.3 Å². The molecule has 1 aromatic carbocycles. The summed E-state index contributed by atoms with van der Waals surface area (Å²) >= 11 is 0. The minimum Gasteiger partial charge on any atom is -0.385 e. The largest absolute Gasteiger partial charge is 0.385 e. The lowest BCUT2D eigenvalue weighted by Crippen LogP contribution is -2.40. The van der Waals surface area contributed by atoms with E-state index in [1.807, 2.05) is 26.0 Å². The van der Waals surface area contributed by atoms with Crippen molar-refractivity contribution in [2.45, 2.75) is 39.4 Å². The van der Waals surface area contributed by atoms with E-state index in [0.29, 0.717) is 38.8 Å². The summed E-state index contributed by atoms with van der Waals surface area (Å²) in [4.78, 5) is 14.4. The van der Waals surface area contributed by atoms with Gasteiger partial charge in [0.1, 0.15) is 11.6 Å². The van der Waals surface area contributed by atoms with Crippen LogP contribution in [0.3, 0.4) is 0 Å². The molecule has 6 heteroatoms. The number of nitrogens with one attached hydrogen (secondary N) is 1. The van der Waals surface area contributed by atoms with Crippen LogP contribution < -0.4 is 5.32 Å². The van der Waals surface area contributed by atoms with Crippen molar-refractivity contribution in [3.05, 3.63) is 47.7 Å². The zero-order chi connectivity index (χ0) is 20.2. The SMILES string of the molecule is CCOC(CN/C=C(/C#N)C(=O)N1CCC(Cc2ccccc2)CC1)OCC. The molecule has 0 atom stereocenters. The van der Waals surface area contributed by atoms with E-state index < -0.39 is 6.29 Å². The van der Waals surface area contributed by atoms with E-state index in [1.54, 1.807) is 4.90 Å². The molecule has 0 spiro atoms. The number of carbonyl (C=O) groups excluding carboxylic acids is 1. The van der Waals surface area contributed by atoms with E-state index in [-0.39, 0.29) is 11.5 Å². The first-order valence-corrected chi connectivity index (χ1v) is 10.1. The van der Waals surface area contributed by atoms with Crippen molar-refractivity contribution in [3.63, 3.8) is 0 Å². The smallest absolute Gasteiger partial charge is 0.265 e. The molecule has 28 heavy (non-hydrogen) atoms. The molecule has 1 aromatic rings. The third-order valence-corrected chi connectivity index (χ3v) is 4.86. The van der Waals surface area contributed by atoms with Crippen LogP contribution in [0.1, 0.15) is 32.3 Å². The number of piperidine rings is 1. The molecule has 0 unspecified atom stereocenters. The van der Waals surface area contributed by atoms with Crippen LogP contribution in [0, 0.1) is 17.2 Å². The van der Waals surface area contributed by atoms with Crippen LogP contribution >= 0.6 is 0 Å². The Bertz CT molecular complexity index is 655. The highest BCUT2D eigenvalue weighted by Crippen LogP contribution is 2.22. The molecule has 0 bridgehead atoms. The number of amides is 1. The van der Waals surface area contributed by atoms with Crippen LogP contribution in [0.5, 0.6) is 0 Å². The molecule has 1 aliphatic heterocycles. The van der Waals surface area contributed by atoms with Crippen molar-refractivity contribution in [1.29, 1.82) is 5.26 Å². The lowest BCUT2D eigenvalue weighted by molar-refractivity contribution is -0.132. The van der Waals surface area contributed by atoms with Crippen LogP contribution in [0.15, 0.2) is 42.1 Å². The van der Waals surface area contributed by atoms with Gasteiger partial charge in [-0.3, -0.25) is 4.79 Å². The topological polar surface area (TPSA) is 74.6 Å². The van der Waals surface area contributed by atoms with Gasteiger partial charge in [0.15, 0.2) is 6.29 Å². The summed E-state index contributed by atoms with van der Waals surface area (Å²) in [7, 11) is 0. The van der Waals surface area contributed by atoms with Crippen LogP contribution in [0.25, 0.3) is 0 Å². The summed E-state index contributed by atoms with van der Waals surface area (Å²) in [5.74, 6) is 0.370. The molecule has 1 amide bonds.